The summed E-state index contributed by atoms with van der Waals surface area (Å²) in [6, 6.07) is 0. The summed E-state index contributed by atoms with van der Waals surface area (Å²) in [4.78, 5) is 6.00. The SMILES string of the molecule is [Au+3].[Cs+].[N-]=[N+]=[N-].[N-]=[N+]=[N-].[N-]=[N+]=[N-].[N-]=[N+]=[N-]. The van der Waals surface area contributed by atoms with E-state index in [2.05, 4.69) is 0 Å². The summed E-state index contributed by atoms with van der Waals surface area (Å²) >= 11 is 0. The maximum atomic E-state index is 6.75. The van der Waals surface area contributed by atoms with E-state index in [1.165, 1.54) is 19.6 Å². The van der Waals surface area contributed by atoms with E-state index in [0.29, 0.717) is 0 Å². The van der Waals surface area contributed by atoms with Crippen LogP contribution in [-0.2, 0) is 22.4 Å². The molecule has 12 nitrogen and oxygen atoms in total. The van der Waals surface area contributed by atoms with Crippen LogP contribution in [0.4, 0.5) is 0 Å². The van der Waals surface area contributed by atoms with Crippen LogP contribution < -0.4 is 68.9 Å². The van der Waals surface area contributed by atoms with Crippen molar-refractivity contribution in [2.24, 2.45) is 0 Å². The van der Waals surface area contributed by atoms with Crippen LogP contribution in [0.25, 0.3) is 63.9 Å². The number of rotatable bonds is 0. The van der Waals surface area contributed by atoms with Crippen LogP contribution in [0.2, 0.25) is 0 Å². The van der Waals surface area contributed by atoms with Gasteiger partial charge in [-0.05, 0) is 0 Å². The minimum absolute atomic E-state index is 0. The Balaban J connectivity index is -0.0000000145. The second kappa shape index (κ2) is 116. The molecule has 0 saturated carbocycles. The minimum Gasteiger partial charge on any atom is -0.373 e. The number of nitrogens with zero attached hydrogens (tertiary/aromatic N) is 12. The van der Waals surface area contributed by atoms with Gasteiger partial charge < -0.3 is 44.2 Å². The molecule has 0 saturated heterocycles. The van der Waals surface area contributed by atoms with E-state index in [0.717, 1.165) is 0 Å². The molecule has 0 radical (unpaired) electrons. The zero-order valence-electron chi connectivity index (χ0n) is 6.67. The standard InChI is InChI=1S/Au.Cs.4N3/c;;4*1-3-2/q+3;+1;4*-1. The van der Waals surface area contributed by atoms with E-state index < -0.39 is 0 Å². The molecular weight excluding hydrogens is 498 g/mol. The first-order valence-corrected chi connectivity index (χ1v) is 1.60. The van der Waals surface area contributed by atoms with Crippen LogP contribution in [0.3, 0.4) is 0 Å². The van der Waals surface area contributed by atoms with Crippen LogP contribution >= 0.6 is 0 Å². The Kier molecular flexibility index (Phi) is 306. The van der Waals surface area contributed by atoms with Gasteiger partial charge in [0.1, 0.15) is 0 Å². The first-order valence-electron chi connectivity index (χ1n) is 1.60. The van der Waals surface area contributed by atoms with Gasteiger partial charge in [0.05, 0.1) is 0 Å². The van der Waals surface area contributed by atoms with Crippen LogP contribution in [0.1, 0.15) is 0 Å². The Hall–Kier alpha value is 0.0322. The van der Waals surface area contributed by atoms with Crippen LogP contribution in [-0.4, -0.2) is 0 Å². The molecule has 0 spiro atoms. The maximum Gasteiger partial charge on any atom is 3.00 e. The molecule has 72 valence electrons. The quantitative estimate of drug-likeness (QED) is 0.192. The van der Waals surface area contributed by atoms with Gasteiger partial charge in [0.15, 0.2) is 0 Å². The molecule has 14 heteroatoms. The Labute approximate surface area is 152 Å². The molecule has 0 aliphatic rings. The molecule has 0 heterocycles. The smallest absolute Gasteiger partial charge is 0.373 e. The van der Waals surface area contributed by atoms with Crippen molar-refractivity contribution < 1.29 is 91.3 Å². The Morgan fingerprint density at radius 1 is 0.429 bits per heavy atom. The fourth-order valence-electron chi connectivity index (χ4n) is 0. The molecule has 0 aliphatic carbocycles. The van der Waals surface area contributed by atoms with Gasteiger partial charge >= 0.3 is 91.3 Å². The van der Waals surface area contributed by atoms with Crippen molar-refractivity contribution in [3.8, 4) is 0 Å². The summed E-state index contributed by atoms with van der Waals surface area (Å²) in [5, 5.41) is 0. The zero-order valence-corrected chi connectivity index (χ0v) is 15.1. The minimum atomic E-state index is 0. The molecule has 0 aliphatic heterocycles. The van der Waals surface area contributed by atoms with Crippen LogP contribution in [0, 0.1) is 0 Å². The summed E-state index contributed by atoms with van der Waals surface area (Å²) in [5.41, 5.74) is 54.0. The molecule has 0 amide bonds. The molecule has 14 heavy (non-hydrogen) atoms. The zero-order chi connectivity index (χ0) is 10.8. The van der Waals surface area contributed by atoms with E-state index in [1.54, 1.807) is 0 Å². The second-order valence-corrected chi connectivity index (χ2v) is 0.358. The maximum absolute atomic E-state index is 6.75. The average Bonchev–Trinajstić information content (AvgIpc) is 1.92. The predicted octanol–water partition coefficient (Wildman–Crippen LogP) is 0.466. The van der Waals surface area contributed by atoms with E-state index in [4.69, 9.17) is 44.2 Å². The van der Waals surface area contributed by atoms with Gasteiger partial charge in [-0.3, -0.25) is 19.6 Å². The average molecular weight is 498 g/mol. The monoisotopic (exact) mass is 498 g/mol. The van der Waals surface area contributed by atoms with Crippen molar-refractivity contribution in [2.75, 3.05) is 0 Å². The second-order valence-electron chi connectivity index (χ2n) is 0.358. The number of hydrogen-bond donors (Lipinski definition) is 0. The normalized spacial score (nSPS) is 2.29. The van der Waals surface area contributed by atoms with Crippen molar-refractivity contribution in [2.45, 2.75) is 0 Å². The van der Waals surface area contributed by atoms with Gasteiger partial charge in [0.25, 0.3) is 0 Å². The molecular formula is AuCsN12. The first kappa shape index (κ1) is 36.9. The summed E-state index contributed by atoms with van der Waals surface area (Å²) in [6.07, 6.45) is 0. The van der Waals surface area contributed by atoms with Gasteiger partial charge in [-0.1, -0.05) is 0 Å². The van der Waals surface area contributed by atoms with E-state index in [-0.39, 0.29) is 91.3 Å². The molecule has 0 N–H and O–H groups in total. The molecule has 0 aromatic carbocycles. The van der Waals surface area contributed by atoms with Crippen LogP contribution in [0.15, 0.2) is 0 Å². The fourth-order valence-corrected chi connectivity index (χ4v) is 0. The summed E-state index contributed by atoms with van der Waals surface area (Å²) < 4.78 is 0. The van der Waals surface area contributed by atoms with Gasteiger partial charge in [0, 0.05) is 0 Å². The summed E-state index contributed by atoms with van der Waals surface area (Å²) in [5.74, 6) is 0. The third-order valence-corrected chi connectivity index (χ3v) is 0. The van der Waals surface area contributed by atoms with E-state index >= 15 is 0 Å². The van der Waals surface area contributed by atoms with Crippen LogP contribution in [0.5, 0.6) is 0 Å². The topological polar surface area (TPSA) is 235 Å². The van der Waals surface area contributed by atoms with Crippen molar-refractivity contribution >= 4 is 0 Å². The fraction of sp³-hybridized carbons (Fsp3) is 0. The van der Waals surface area contributed by atoms with Gasteiger partial charge in [-0.2, -0.15) is 0 Å². The van der Waals surface area contributed by atoms with Crippen molar-refractivity contribution in [1.29, 1.82) is 0 Å². The molecule has 0 rings (SSSR count). The largest absolute Gasteiger partial charge is 3.00 e. The Morgan fingerprint density at radius 3 is 0.429 bits per heavy atom. The molecule has 0 aromatic heterocycles. The first-order chi connectivity index (χ1) is 5.66. The van der Waals surface area contributed by atoms with Gasteiger partial charge in [0.2, 0.25) is 0 Å². The Morgan fingerprint density at radius 2 is 0.429 bits per heavy atom. The molecule has 0 aromatic rings. The van der Waals surface area contributed by atoms with Crippen molar-refractivity contribution in [3.63, 3.8) is 0 Å². The Bertz CT molecular complexity index is 142. The third kappa shape index (κ3) is 1410000. The van der Waals surface area contributed by atoms with Crippen molar-refractivity contribution in [3.05, 3.63) is 63.9 Å². The predicted molar refractivity (Wildman–Crippen MR) is 40.3 cm³/mol. The molecule has 0 bridgehead atoms. The summed E-state index contributed by atoms with van der Waals surface area (Å²) in [7, 11) is 0. The molecule has 0 fully saturated rings. The van der Waals surface area contributed by atoms with Crippen molar-refractivity contribution in [1.82, 2.24) is 0 Å². The van der Waals surface area contributed by atoms with E-state index in [1.807, 2.05) is 0 Å². The van der Waals surface area contributed by atoms with E-state index in [9.17, 15) is 0 Å². The van der Waals surface area contributed by atoms with Gasteiger partial charge in [-0.15, -0.1) is 0 Å². The number of hydrogen-bond acceptors (Lipinski definition) is 0. The molecule has 0 atom stereocenters. The van der Waals surface area contributed by atoms with Gasteiger partial charge in [-0.25, -0.2) is 0 Å². The third-order valence-electron chi connectivity index (χ3n) is 0. The molecule has 0 unspecified atom stereocenters. The summed E-state index contributed by atoms with van der Waals surface area (Å²) in [6.45, 7) is 0.